The lowest BCUT2D eigenvalue weighted by atomic mass is 10.2. The van der Waals surface area contributed by atoms with Gasteiger partial charge in [0.1, 0.15) is 5.58 Å². The van der Waals surface area contributed by atoms with E-state index in [2.05, 4.69) is 6.92 Å². The van der Waals surface area contributed by atoms with Crippen LogP contribution in [-0.4, -0.2) is 23.9 Å². The third-order valence-corrected chi connectivity index (χ3v) is 3.09. The molecule has 1 heterocycles. The lowest BCUT2D eigenvalue weighted by Crippen LogP contribution is -2.31. The first-order valence-electron chi connectivity index (χ1n) is 6.54. The Morgan fingerprint density at radius 1 is 1.28 bits per heavy atom. The van der Waals surface area contributed by atoms with Crippen LogP contribution in [0.25, 0.3) is 11.0 Å². The second kappa shape index (κ2) is 5.71. The Bertz CT molecular complexity index is 497. The van der Waals surface area contributed by atoms with Gasteiger partial charge in [-0.3, -0.25) is 4.79 Å². The Morgan fingerprint density at radius 3 is 2.72 bits per heavy atom. The number of unbranched alkanes of at least 4 members (excludes halogenated alkanes) is 1. The molecule has 0 aliphatic heterocycles. The fourth-order valence-corrected chi connectivity index (χ4v) is 2.00. The fraction of sp³-hybridized carbons (Fsp3) is 0.400. The van der Waals surface area contributed by atoms with Crippen LogP contribution >= 0.6 is 0 Å². The zero-order chi connectivity index (χ0) is 13.0. The normalized spacial score (nSPS) is 10.8. The number of amides is 1. The average Bonchev–Trinajstić information content (AvgIpc) is 2.83. The van der Waals surface area contributed by atoms with Gasteiger partial charge in [0.25, 0.3) is 5.91 Å². The summed E-state index contributed by atoms with van der Waals surface area (Å²) in [6, 6.07) is 9.52. The van der Waals surface area contributed by atoms with E-state index in [4.69, 9.17) is 4.42 Å². The Balaban J connectivity index is 2.21. The molecule has 3 heteroatoms. The molecule has 0 bridgehead atoms. The molecule has 0 unspecified atom stereocenters. The summed E-state index contributed by atoms with van der Waals surface area (Å²) in [5, 5.41) is 0.979. The van der Waals surface area contributed by atoms with Crippen molar-refractivity contribution in [1.82, 2.24) is 4.90 Å². The maximum absolute atomic E-state index is 12.3. The van der Waals surface area contributed by atoms with Gasteiger partial charge in [0.2, 0.25) is 0 Å². The summed E-state index contributed by atoms with van der Waals surface area (Å²) in [6.45, 7) is 5.63. The van der Waals surface area contributed by atoms with Crippen LogP contribution in [-0.2, 0) is 0 Å². The van der Waals surface area contributed by atoms with Crippen molar-refractivity contribution in [3.05, 3.63) is 36.1 Å². The van der Waals surface area contributed by atoms with Gasteiger partial charge in [0, 0.05) is 18.5 Å². The highest BCUT2D eigenvalue weighted by molar-refractivity contribution is 5.96. The highest BCUT2D eigenvalue weighted by Gasteiger charge is 2.17. The van der Waals surface area contributed by atoms with Gasteiger partial charge in [-0.1, -0.05) is 31.5 Å². The van der Waals surface area contributed by atoms with Crippen molar-refractivity contribution in [1.29, 1.82) is 0 Å². The first-order chi connectivity index (χ1) is 8.76. The van der Waals surface area contributed by atoms with E-state index in [1.165, 1.54) is 0 Å². The van der Waals surface area contributed by atoms with Gasteiger partial charge in [-0.25, -0.2) is 0 Å². The number of fused-ring (bicyclic) bond motifs is 1. The zero-order valence-electron chi connectivity index (χ0n) is 11.0. The van der Waals surface area contributed by atoms with E-state index in [0.717, 1.165) is 36.9 Å². The fourth-order valence-electron chi connectivity index (χ4n) is 2.00. The first-order valence-corrected chi connectivity index (χ1v) is 6.54. The Labute approximate surface area is 107 Å². The van der Waals surface area contributed by atoms with Crippen LogP contribution in [0.3, 0.4) is 0 Å². The molecule has 0 fully saturated rings. The molecule has 2 aromatic rings. The number of rotatable bonds is 5. The quantitative estimate of drug-likeness (QED) is 0.804. The van der Waals surface area contributed by atoms with Crippen molar-refractivity contribution in [2.45, 2.75) is 26.7 Å². The van der Waals surface area contributed by atoms with E-state index < -0.39 is 0 Å². The summed E-state index contributed by atoms with van der Waals surface area (Å²) < 4.78 is 5.60. The summed E-state index contributed by atoms with van der Waals surface area (Å²) in [4.78, 5) is 14.1. The van der Waals surface area contributed by atoms with E-state index in [1.807, 2.05) is 42.2 Å². The smallest absolute Gasteiger partial charge is 0.289 e. The second-order valence-electron chi connectivity index (χ2n) is 4.39. The summed E-state index contributed by atoms with van der Waals surface area (Å²) >= 11 is 0. The maximum Gasteiger partial charge on any atom is 0.289 e. The summed E-state index contributed by atoms with van der Waals surface area (Å²) in [7, 11) is 0. The highest BCUT2D eigenvalue weighted by Crippen LogP contribution is 2.20. The lowest BCUT2D eigenvalue weighted by molar-refractivity contribution is 0.0733. The molecule has 1 aromatic heterocycles. The largest absolute Gasteiger partial charge is 0.451 e. The van der Waals surface area contributed by atoms with Crippen molar-refractivity contribution in [3.8, 4) is 0 Å². The Hall–Kier alpha value is -1.77. The van der Waals surface area contributed by atoms with Gasteiger partial charge in [-0.2, -0.15) is 0 Å². The monoisotopic (exact) mass is 245 g/mol. The Kier molecular flexibility index (Phi) is 4.03. The van der Waals surface area contributed by atoms with Crippen molar-refractivity contribution in [2.75, 3.05) is 13.1 Å². The summed E-state index contributed by atoms with van der Waals surface area (Å²) in [5.41, 5.74) is 0.771. The van der Waals surface area contributed by atoms with Crippen LogP contribution < -0.4 is 0 Å². The molecule has 0 saturated heterocycles. The Morgan fingerprint density at radius 2 is 2.06 bits per heavy atom. The molecule has 1 aromatic carbocycles. The van der Waals surface area contributed by atoms with E-state index in [-0.39, 0.29) is 5.91 Å². The van der Waals surface area contributed by atoms with Crippen LogP contribution in [0.5, 0.6) is 0 Å². The van der Waals surface area contributed by atoms with Crippen molar-refractivity contribution < 1.29 is 9.21 Å². The molecule has 2 rings (SSSR count). The third kappa shape index (κ3) is 2.55. The minimum Gasteiger partial charge on any atom is -0.451 e. The van der Waals surface area contributed by atoms with Crippen molar-refractivity contribution in [3.63, 3.8) is 0 Å². The number of carbonyl (C=O) groups is 1. The molecule has 1 amide bonds. The molecule has 0 saturated carbocycles. The van der Waals surface area contributed by atoms with Gasteiger partial charge >= 0.3 is 0 Å². The van der Waals surface area contributed by atoms with Gasteiger partial charge in [-0.15, -0.1) is 0 Å². The molecule has 0 atom stereocenters. The van der Waals surface area contributed by atoms with E-state index in [1.54, 1.807) is 0 Å². The number of furan rings is 1. The molecule has 0 radical (unpaired) electrons. The molecule has 0 aliphatic rings. The predicted octanol–water partition coefficient (Wildman–Crippen LogP) is 3.70. The minimum atomic E-state index is -0.0119. The summed E-state index contributed by atoms with van der Waals surface area (Å²) in [6.07, 6.45) is 2.11. The molecule has 96 valence electrons. The third-order valence-electron chi connectivity index (χ3n) is 3.09. The highest BCUT2D eigenvalue weighted by atomic mass is 16.3. The van der Waals surface area contributed by atoms with E-state index in [9.17, 15) is 4.79 Å². The van der Waals surface area contributed by atoms with Crippen LogP contribution in [0.2, 0.25) is 0 Å². The molecule has 3 nitrogen and oxygen atoms in total. The maximum atomic E-state index is 12.3. The standard InChI is InChI=1S/C15H19NO2/c1-3-5-10-16(4-2)15(17)14-11-12-8-6-7-9-13(12)18-14/h6-9,11H,3-5,10H2,1-2H3. The van der Waals surface area contributed by atoms with Crippen LogP contribution in [0.4, 0.5) is 0 Å². The number of nitrogens with zero attached hydrogens (tertiary/aromatic N) is 1. The number of benzene rings is 1. The van der Waals surface area contributed by atoms with Crippen LogP contribution in [0.1, 0.15) is 37.2 Å². The molecule has 0 spiro atoms. The van der Waals surface area contributed by atoms with Gasteiger partial charge in [0.05, 0.1) is 0 Å². The van der Waals surface area contributed by atoms with Crippen molar-refractivity contribution >= 4 is 16.9 Å². The molecular weight excluding hydrogens is 226 g/mol. The topological polar surface area (TPSA) is 33.5 Å². The zero-order valence-corrected chi connectivity index (χ0v) is 11.0. The number of hydrogen-bond donors (Lipinski definition) is 0. The molecule has 18 heavy (non-hydrogen) atoms. The van der Waals surface area contributed by atoms with Gasteiger partial charge < -0.3 is 9.32 Å². The second-order valence-corrected chi connectivity index (χ2v) is 4.39. The minimum absolute atomic E-state index is 0.0119. The number of carbonyl (C=O) groups excluding carboxylic acids is 1. The molecule has 0 aliphatic carbocycles. The number of para-hydroxylation sites is 1. The first kappa shape index (κ1) is 12.7. The SMILES string of the molecule is CCCCN(CC)C(=O)c1cc2ccccc2o1. The van der Waals surface area contributed by atoms with Crippen molar-refractivity contribution in [2.24, 2.45) is 0 Å². The average molecular weight is 245 g/mol. The van der Waals surface area contributed by atoms with Crippen LogP contribution in [0, 0.1) is 0 Å². The van der Waals surface area contributed by atoms with Gasteiger partial charge in [-0.05, 0) is 25.5 Å². The molecule has 0 N–H and O–H groups in total. The van der Waals surface area contributed by atoms with Crippen LogP contribution in [0.15, 0.2) is 34.7 Å². The summed E-state index contributed by atoms with van der Waals surface area (Å²) in [5.74, 6) is 0.427. The van der Waals surface area contributed by atoms with E-state index >= 15 is 0 Å². The van der Waals surface area contributed by atoms with Gasteiger partial charge in [0.15, 0.2) is 5.76 Å². The lowest BCUT2D eigenvalue weighted by Gasteiger charge is -2.18. The predicted molar refractivity (Wildman–Crippen MR) is 72.7 cm³/mol. The van der Waals surface area contributed by atoms with E-state index in [0.29, 0.717) is 5.76 Å². The number of hydrogen-bond acceptors (Lipinski definition) is 2. The molecular formula is C15H19NO2.